The largest absolute Gasteiger partial charge is 0.337 e. The summed E-state index contributed by atoms with van der Waals surface area (Å²) in [7, 11) is 0. The highest BCUT2D eigenvalue weighted by atomic mass is 16.2. The fourth-order valence-electron chi connectivity index (χ4n) is 2.06. The first kappa shape index (κ1) is 8.01. The van der Waals surface area contributed by atoms with Gasteiger partial charge in [-0.15, -0.1) is 0 Å². The van der Waals surface area contributed by atoms with Gasteiger partial charge in [0, 0.05) is 19.6 Å². The van der Waals surface area contributed by atoms with Crippen LogP contribution in [0.3, 0.4) is 0 Å². The van der Waals surface area contributed by atoms with Crippen LogP contribution in [-0.2, 0) is 4.79 Å². The van der Waals surface area contributed by atoms with Gasteiger partial charge >= 0.3 is 0 Å². The Kier molecular flexibility index (Phi) is 1.63. The van der Waals surface area contributed by atoms with Crippen molar-refractivity contribution in [3.05, 3.63) is 0 Å². The van der Waals surface area contributed by atoms with Crippen molar-refractivity contribution >= 4 is 5.91 Å². The summed E-state index contributed by atoms with van der Waals surface area (Å²) in [5.74, 6) is 0.159. The highest BCUT2D eigenvalue weighted by molar-refractivity contribution is 5.85. The van der Waals surface area contributed by atoms with Crippen LogP contribution in [0.1, 0.15) is 13.8 Å². The van der Waals surface area contributed by atoms with Crippen molar-refractivity contribution in [3.63, 3.8) is 0 Å². The van der Waals surface area contributed by atoms with E-state index in [1.54, 1.807) is 0 Å². The number of hydrogen-bond donors (Lipinski definition) is 2. The van der Waals surface area contributed by atoms with Crippen LogP contribution >= 0.6 is 0 Å². The SMILES string of the molecule is CC1(C)NC(=O)C2CNCCN21. The molecule has 0 spiro atoms. The first-order chi connectivity index (χ1) is 5.61. The smallest absolute Gasteiger partial charge is 0.240 e. The molecule has 0 saturated carbocycles. The molecule has 2 heterocycles. The lowest BCUT2D eigenvalue weighted by atomic mass is 10.1. The molecule has 0 aromatic carbocycles. The van der Waals surface area contributed by atoms with Crippen LogP contribution in [0.2, 0.25) is 0 Å². The highest BCUT2D eigenvalue weighted by Crippen LogP contribution is 2.22. The van der Waals surface area contributed by atoms with Crippen LogP contribution < -0.4 is 10.6 Å². The van der Waals surface area contributed by atoms with E-state index in [0.717, 1.165) is 19.6 Å². The maximum atomic E-state index is 11.4. The van der Waals surface area contributed by atoms with Crippen LogP contribution in [0.5, 0.6) is 0 Å². The highest BCUT2D eigenvalue weighted by Gasteiger charge is 2.45. The van der Waals surface area contributed by atoms with Gasteiger partial charge in [0.25, 0.3) is 0 Å². The molecule has 0 radical (unpaired) electrons. The number of rotatable bonds is 0. The molecule has 0 bridgehead atoms. The van der Waals surface area contributed by atoms with E-state index in [2.05, 4.69) is 29.4 Å². The van der Waals surface area contributed by atoms with E-state index >= 15 is 0 Å². The quantitative estimate of drug-likeness (QED) is 0.495. The van der Waals surface area contributed by atoms with Crippen molar-refractivity contribution in [2.75, 3.05) is 19.6 Å². The molecule has 2 rings (SSSR count). The fraction of sp³-hybridized carbons (Fsp3) is 0.875. The molecule has 2 fully saturated rings. The summed E-state index contributed by atoms with van der Waals surface area (Å²) in [6, 6.07) is 0.0498. The normalized spacial score (nSPS) is 34.5. The van der Waals surface area contributed by atoms with Crippen molar-refractivity contribution in [2.24, 2.45) is 0 Å². The molecule has 2 aliphatic heterocycles. The molecule has 0 aromatic rings. The Labute approximate surface area is 72.3 Å². The van der Waals surface area contributed by atoms with E-state index in [4.69, 9.17) is 0 Å². The molecule has 0 aliphatic carbocycles. The zero-order valence-electron chi connectivity index (χ0n) is 7.55. The predicted octanol–water partition coefficient (Wildman–Crippen LogP) is -0.874. The Morgan fingerprint density at radius 1 is 1.58 bits per heavy atom. The molecule has 1 atom stereocenters. The average molecular weight is 169 g/mol. The first-order valence-electron chi connectivity index (χ1n) is 4.41. The minimum Gasteiger partial charge on any atom is -0.337 e. The molecular weight excluding hydrogens is 154 g/mol. The molecule has 12 heavy (non-hydrogen) atoms. The second-order valence-corrected chi connectivity index (χ2v) is 3.96. The summed E-state index contributed by atoms with van der Waals surface area (Å²) in [5, 5.41) is 6.20. The third kappa shape index (κ3) is 1.03. The van der Waals surface area contributed by atoms with E-state index in [-0.39, 0.29) is 17.6 Å². The Hall–Kier alpha value is -0.610. The van der Waals surface area contributed by atoms with Gasteiger partial charge in [-0.1, -0.05) is 0 Å². The molecule has 68 valence electrons. The van der Waals surface area contributed by atoms with Gasteiger partial charge in [-0.2, -0.15) is 0 Å². The van der Waals surface area contributed by atoms with Crippen LogP contribution in [0, 0.1) is 0 Å². The zero-order chi connectivity index (χ0) is 8.77. The summed E-state index contributed by atoms with van der Waals surface area (Å²) >= 11 is 0. The van der Waals surface area contributed by atoms with Crippen LogP contribution in [0.15, 0.2) is 0 Å². The van der Waals surface area contributed by atoms with Crippen LogP contribution in [0.25, 0.3) is 0 Å². The summed E-state index contributed by atoms with van der Waals surface area (Å²) < 4.78 is 0. The Balaban J connectivity index is 2.22. The van der Waals surface area contributed by atoms with Gasteiger partial charge < -0.3 is 10.6 Å². The van der Waals surface area contributed by atoms with Gasteiger partial charge in [-0.05, 0) is 13.8 Å². The lowest BCUT2D eigenvalue weighted by Gasteiger charge is -2.36. The lowest BCUT2D eigenvalue weighted by Crippen LogP contribution is -2.56. The lowest BCUT2D eigenvalue weighted by molar-refractivity contribution is -0.121. The standard InChI is InChI=1S/C8H15N3O/c1-8(2)10-7(12)6-5-9-3-4-11(6)8/h6,9H,3-5H2,1-2H3,(H,10,12). The summed E-state index contributed by atoms with van der Waals surface area (Å²) in [5.41, 5.74) is -0.149. The summed E-state index contributed by atoms with van der Waals surface area (Å²) in [6.07, 6.45) is 0. The minimum atomic E-state index is -0.149. The molecule has 4 nitrogen and oxygen atoms in total. The Morgan fingerprint density at radius 3 is 3.00 bits per heavy atom. The second kappa shape index (κ2) is 2.44. The van der Waals surface area contributed by atoms with Gasteiger partial charge in [-0.25, -0.2) is 0 Å². The fourth-order valence-corrected chi connectivity index (χ4v) is 2.06. The van der Waals surface area contributed by atoms with Crippen molar-refractivity contribution < 1.29 is 4.79 Å². The molecule has 2 N–H and O–H groups in total. The third-order valence-electron chi connectivity index (χ3n) is 2.69. The Bertz CT molecular complexity index is 214. The molecule has 2 aliphatic rings. The molecule has 1 unspecified atom stereocenters. The van der Waals surface area contributed by atoms with Gasteiger partial charge in [0.1, 0.15) is 6.04 Å². The van der Waals surface area contributed by atoms with E-state index in [9.17, 15) is 4.79 Å². The number of fused-ring (bicyclic) bond motifs is 1. The van der Waals surface area contributed by atoms with Crippen molar-refractivity contribution in [2.45, 2.75) is 25.6 Å². The number of carbonyl (C=O) groups excluding carboxylic acids is 1. The monoisotopic (exact) mass is 169 g/mol. The topological polar surface area (TPSA) is 44.4 Å². The molecule has 0 aromatic heterocycles. The summed E-state index contributed by atoms with van der Waals surface area (Å²) in [4.78, 5) is 13.7. The average Bonchev–Trinajstić information content (AvgIpc) is 2.25. The number of piperazine rings is 1. The third-order valence-corrected chi connectivity index (χ3v) is 2.69. The van der Waals surface area contributed by atoms with E-state index in [0.29, 0.717) is 0 Å². The first-order valence-corrected chi connectivity index (χ1v) is 4.41. The van der Waals surface area contributed by atoms with Crippen molar-refractivity contribution in [3.8, 4) is 0 Å². The molecular formula is C8H15N3O. The number of amides is 1. The van der Waals surface area contributed by atoms with Gasteiger partial charge in [-0.3, -0.25) is 9.69 Å². The van der Waals surface area contributed by atoms with Crippen molar-refractivity contribution in [1.29, 1.82) is 0 Å². The number of nitrogens with zero attached hydrogens (tertiary/aromatic N) is 1. The summed E-state index contributed by atoms with van der Waals surface area (Å²) in [6.45, 7) is 6.83. The number of hydrogen-bond acceptors (Lipinski definition) is 3. The minimum absolute atomic E-state index is 0.0498. The van der Waals surface area contributed by atoms with E-state index < -0.39 is 0 Å². The predicted molar refractivity (Wildman–Crippen MR) is 45.6 cm³/mol. The van der Waals surface area contributed by atoms with Crippen LogP contribution in [-0.4, -0.2) is 42.1 Å². The maximum absolute atomic E-state index is 11.4. The molecule has 1 amide bonds. The zero-order valence-corrected chi connectivity index (χ0v) is 7.55. The van der Waals surface area contributed by atoms with E-state index in [1.807, 2.05) is 0 Å². The van der Waals surface area contributed by atoms with Crippen molar-refractivity contribution in [1.82, 2.24) is 15.5 Å². The molecule has 4 heteroatoms. The van der Waals surface area contributed by atoms with E-state index in [1.165, 1.54) is 0 Å². The van der Waals surface area contributed by atoms with Gasteiger partial charge in [0.15, 0.2) is 0 Å². The second-order valence-electron chi connectivity index (χ2n) is 3.96. The Morgan fingerprint density at radius 2 is 2.33 bits per heavy atom. The number of nitrogens with one attached hydrogen (secondary N) is 2. The van der Waals surface area contributed by atoms with Gasteiger partial charge in [0.05, 0.1) is 5.66 Å². The number of carbonyl (C=O) groups is 1. The molecule has 2 saturated heterocycles. The van der Waals surface area contributed by atoms with Crippen LogP contribution in [0.4, 0.5) is 0 Å². The maximum Gasteiger partial charge on any atom is 0.240 e. The van der Waals surface area contributed by atoms with Gasteiger partial charge in [0.2, 0.25) is 5.91 Å².